The standard InChI is InChI=1S/C34H54ClN7O3/c1-6-8-9-10-11-12-13-14-15-16-17-18-22-36-28(43)21-23-37-33(44)38-27-20-19-25(45-7-2)24-26(27)31-39-32-29(35)30(34(3,4)5)40-42(32)41-31/h19-20,24H,6-18,21-23H2,1-5H3,(H,36,43)(H,39,41)(H2,37,38,44). The summed E-state index contributed by atoms with van der Waals surface area (Å²) in [5.74, 6) is 1.05. The summed E-state index contributed by atoms with van der Waals surface area (Å²) in [7, 11) is 0. The molecule has 0 spiro atoms. The minimum atomic E-state index is -0.418. The highest BCUT2D eigenvalue weighted by molar-refractivity contribution is 6.34. The molecule has 0 fully saturated rings. The number of unbranched alkanes of at least 4 members (excludes halogenated alkanes) is 11. The normalized spacial score (nSPS) is 11.6. The van der Waals surface area contributed by atoms with Crippen molar-refractivity contribution in [1.82, 2.24) is 30.4 Å². The number of benzene rings is 1. The van der Waals surface area contributed by atoms with Crippen LogP contribution < -0.4 is 20.7 Å². The fourth-order valence-electron chi connectivity index (χ4n) is 5.22. The van der Waals surface area contributed by atoms with Gasteiger partial charge in [-0.1, -0.05) is 110 Å². The van der Waals surface area contributed by atoms with Gasteiger partial charge in [-0.3, -0.25) is 4.79 Å². The van der Waals surface area contributed by atoms with E-state index in [2.05, 4.69) is 38.1 Å². The van der Waals surface area contributed by atoms with Crippen LogP contribution in [0, 0.1) is 0 Å². The molecule has 0 bridgehead atoms. The number of anilines is 1. The van der Waals surface area contributed by atoms with Crippen LogP contribution in [-0.4, -0.2) is 51.4 Å². The van der Waals surface area contributed by atoms with Gasteiger partial charge in [0.25, 0.3) is 0 Å². The smallest absolute Gasteiger partial charge is 0.319 e. The van der Waals surface area contributed by atoms with E-state index >= 15 is 0 Å². The number of hydrogen-bond donors (Lipinski definition) is 4. The number of aromatic nitrogens is 4. The number of nitrogens with one attached hydrogen (secondary N) is 4. The van der Waals surface area contributed by atoms with Crippen molar-refractivity contribution in [2.24, 2.45) is 0 Å². The minimum absolute atomic E-state index is 0.0643. The van der Waals surface area contributed by atoms with Gasteiger partial charge < -0.3 is 25.7 Å². The quantitative estimate of drug-likeness (QED) is 0.0920. The van der Waals surface area contributed by atoms with Gasteiger partial charge in [0.15, 0.2) is 11.5 Å². The number of fused-ring (bicyclic) bond motifs is 1. The summed E-state index contributed by atoms with van der Waals surface area (Å²) in [6.45, 7) is 11.7. The summed E-state index contributed by atoms with van der Waals surface area (Å²) in [5.41, 5.74) is 2.22. The van der Waals surface area contributed by atoms with Crippen LogP contribution in [0.25, 0.3) is 17.0 Å². The van der Waals surface area contributed by atoms with E-state index in [-0.39, 0.29) is 24.3 Å². The predicted molar refractivity (Wildman–Crippen MR) is 183 cm³/mol. The Morgan fingerprint density at radius 2 is 1.53 bits per heavy atom. The predicted octanol–water partition coefficient (Wildman–Crippen LogP) is 8.40. The number of ether oxygens (including phenoxy) is 1. The highest BCUT2D eigenvalue weighted by atomic mass is 35.5. The lowest BCUT2D eigenvalue weighted by atomic mass is 9.92. The van der Waals surface area contributed by atoms with E-state index in [0.29, 0.717) is 46.6 Å². The summed E-state index contributed by atoms with van der Waals surface area (Å²) in [5, 5.41) is 18.3. The number of nitrogens with zero attached hydrogens (tertiary/aromatic N) is 3. The third-order valence-corrected chi connectivity index (χ3v) is 8.11. The average molecular weight is 644 g/mol. The molecule has 3 amide bonds. The fourth-order valence-corrected chi connectivity index (χ4v) is 5.67. The zero-order chi connectivity index (χ0) is 32.7. The highest BCUT2D eigenvalue weighted by Gasteiger charge is 2.26. The SMILES string of the molecule is CCCCCCCCCCCCCCNC(=O)CCNC(=O)Nc1ccc(OCC)cc1-c1nn2nc(C(C)(C)C)c(Cl)c2[nH]1. The molecule has 3 rings (SSSR count). The van der Waals surface area contributed by atoms with Crippen LogP contribution in [-0.2, 0) is 10.2 Å². The van der Waals surface area contributed by atoms with E-state index in [1.54, 1.807) is 18.2 Å². The Kier molecular flexibility index (Phi) is 15.0. The number of urea groups is 1. The van der Waals surface area contributed by atoms with Crippen LogP contribution in [0.5, 0.6) is 5.75 Å². The molecule has 0 saturated carbocycles. The molecule has 0 radical (unpaired) electrons. The van der Waals surface area contributed by atoms with Gasteiger partial charge in [0.1, 0.15) is 10.8 Å². The third-order valence-electron chi connectivity index (χ3n) is 7.75. The van der Waals surface area contributed by atoms with E-state index in [4.69, 9.17) is 16.3 Å². The number of rotatable bonds is 20. The van der Waals surface area contributed by atoms with E-state index < -0.39 is 6.03 Å². The molecule has 0 aliphatic rings. The van der Waals surface area contributed by atoms with Gasteiger partial charge in [-0.25, -0.2) is 4.79 Å². The van der Waals surface area contributed by atoms with E-state index in [1.807, 2.05) is 27.7 Å². The molecule has 4 N–H and O–H groups in total. The lowest BCUT2D eigenvalue weighted by Crippen LogP contribution is -2.33. The summed E-state index contributed by atoms with van der Waals surface area (Å²) < 4.78 is 7.16. The Labute approximate surface area is 273 Å². The van der Waals surface area contributed by atoms with Gasteiger partial charge in [0, 0.05) is 30.5 Å². The van der Waals surface area contributed by atoms with Crippen LogP contribution in [0.1, 0.15) is 124 Å². The van der Waals surface area contributed by atoms with Gasteiger partial charge in [0.2, 0.25) is 5.91 Å². The highest BCUT2D eigenvalue weighted by Crippen LogP contribution is 2.34. The molecule has 10 nitrogen and oxygen atoms in total. The average Bonchev–Trinajstić information content (AvgIpc) is 3.55. The van der Waals surface area contributed by atoms with Crippen molar-refractivity contribution >= 4 is 34.9 Å². The second kappa shape index (κ2) is 18.6. The topological polar surface area (TPSA) is 125 Å². The second-order valence-corrected chi connectivity index (χ2v) is 13.1. The van der Waals surface area contributed by atoms with E-state index in [9.17, 15) is 9.59 Å². The van der Waals surface area contributed by atoms with Gasteiger partial charge in [-0.05, 0) is 31.5 Å². The molecule has 0 aliphatic carbocycles. The lowest BCUT2D eigenvalue weighted by molar-refractivity contribution is -0.120. The Bertz CT molecular complexity index is 1350. The second-order valence-electron chi connectivity index (χ2n) is 12.7. The Morgan fingerprint density at radius 1 is 0.889 bits per heavy atom. The molecule has 3 aromatic rings. The zero-order valence-electron chi connectivity index (χ0n) is 28.0. The van der Waals surface area contributed by atoms with Crippen molar-refractivity contribution in [1.29, 1.82) is 0 Å². The molecular weight excluding hydrogens is 590 g/mol. The first kappa shape index (κ1) is 36.2. The van der Waals surface area contributed by atoms with Crippen molar-refractivity contribution in [3.05, 3.63) is 28.9 Å². The van der Waals surface area contributed by atoms with Crippen LogP contribution in [0.15, 0.2) is 18.2 Å². The number of H-pyrrole nitrogens is 1. The first-order valence-corrected chi connectivity index (χ1v) is 17.3. The molecule has 0 unspecified atom stereocenters. The van der Waals surface area contributed by atoms with E-state index in [0.717, 1.165) is 18.5 Å². The number of amides is 3. The maximum absolute atomic E-state index is 12.8. The zero-order valence-corrected chi connectivity index (χ0v) is 28.7. The summed E-state index contributed by atoms with van der Waals surface area (Å²) in [6, 6.07) is 4.93. The van der Waals surface area contributed by atoms with Crippen molar-refractivity contribution < 1.29 is 14.3 Å². The number of halogens is 1. The monoisotopic (exact) mass is 643 g/mol. The van der Waals surface area contributed by atoms with Gasteiger partial charge in [-0.15, -0.1) is 9.73 Å². The Morgan fingerprint density at radius 3 is 2.13 bits per heavy atom. The Balaban J connectivity index is 1.40. The molecule has 1 aromatic carbocycles. The summed E-state index contributed by atoms with van der Waals surface area (Å²) in [6.07, 6.45) is 15.7. The molecule has 11 heteroatoms. The minimum Gasteiger partial charge on any atom is -0.494 e. The Hall–Kier alpha value is -3.27. The van der Waals surface area contributed by atoms with Crippen LogP contribution >= 0.6 is 11.6 Å². The largest absolute Gasteiger partial charge is 0.494 e. The third kappa shape index (κ3) is 11.9. The number of carbonyl (C=O) groups is 2. The fraction of sp³-hybridized carbons (Fsp3) is 0.647. The van der Waals surface area contributed by atoms with Gasteiger partial charge >= 0.3 is 6.03 Å². The maximum Gasteiger partial charge on any atom is 0.319 e. The molecule has 250 valence electrons. The molecule has 2 aromatic heterocycles. The molecule has 0 saturated heterocycles. The van der Waals surface area contributed by atoms with Crippen molar-refractivity contribution in [3.8, 4) is 17.1 Å². The first-order valence-electron chi connectivity index (χ1n) is 16.9. The lowest BCUT2D eigenvalue weighted by Gasteiger charge is -2.15. The summed E-state index contributed by atoms with van der Waals surface area (Å²) >= 11 is 6.63. The van der Waals surface area contributed by atoms with E-state index in [1.165, 1.54) is 68.8 Å². The molecule has 2 heterocycles. The molecule has 45 heavy (non-hydrogen) atoms. The molecule has 0 atom stereocenters. The number of carbonyl (C=O) groups excluding carboxylic acids is 2. The first-order chi connectivity index (χ1) is 21.6. The van der Waals surface area contributed by atoms with Crippen LogP contribution in [0.3, 0.4) is 0 Å². The number of hydrogen-bond acceptors (Lipinski definition) is 5. The van der Waals surface area contributed by atoms with Crippen molar-refractivity contribution in [3.63, 3.8) is 0 Å². The maximum atomic E-state index is 12.8. The van der Waals surface area contributed by atoms with Crippen LogP contribution in [0.2, 0.25) is 5.02 Å². The molecular formula is C34H54ClN7O3. The van der Waals surface area contributed by atoms with Crippen molar-refractivity contribution in [2.75, 3.05) is 25.0 Å². The van der Waals surface area contributed by atoms with Gasteiger partial charge in [0.05, 0.1) is 18.0 Å². The van der Waals surface area contributed by atoms with Crippen molar-refractivity contribution in [2.45, 2.75) is 124 Å². The number of aromatic amines is 1. The molecule has 0 aliphatic heterocycles. The summed E-state index contributed by atoms with van der Waals surface area (Å²) in [4.78, 5) is 28.3. The van der Waals surface area contributed by atoms with Gasteiger partial charge in [-0.2, -0.15) is 5.10 Å². The van der Waals surface area contributed by atoms with Crippen LogP contribution in [0.4, 0.5) is 10.5 Å².